The molecule has 0 heterocycles. The fraction of sp³-hybridized carbons (Fsp3) is 0.214. The van der Waals surface area contributed by atoms with Crippen molar-refractivity contribution in [3.05, 3.63) is 117 Å². The normalized spacial score (nSPS) is 15.3. The zero-order valence-corrected chi connectivity index (χ0v) is 17.6. The molecule has 2 aliphatic rings. The van der Waals surface area contributed by atoms with Gasteiger partial charge in [-0.2, -0.15) is 0 Å². The second-order valence-electron chi connectivity index (χ2n) is 7.79. The van der Waals surface area contributed by atoms with Gasteiger partial charge >= 0.3 is 0 Å². The van der Waals surface area contributed by atoms with Crippen molar-refractivity contribution >= 4 is 11.6 Å². The fourth-order valence-electron chi connectivity index (χ4n) is 4.19. The molecule has 0 unspecified atom stereocenters. The summed E-state index contributed by atoms with van der Waals surface area (Å²) in [5.41, 5.74) is 7.32. The summed E-state index contributed by atoms with van der Waals surface area (Å²) in [5, 5.41) is 0. The van der Waals surface area contributed by atoms with Gasteiger partial charge in [-0.3, -0.25) is 9.59 Å². The molecule has 0 atom stereocenters. The Balaban J connectivity index is 1.77. The lowest BCUT2D eigenvalue weighted by molar-refractivity contribution is 0.0998. The minimum atomic E-state index is -0.100. The third kappa shape index (κ3) is 3.78. The number of rotatable bonds is 8. The predicted octanol–water partition coefficient (Wildman–Crippen LogP) is 6.83. The van der Waals surface area contributed by atoms with Crippen molar-refractivity contribution in [2.75, 3.05) is 0 Å². The molecule has 0 saturated heterocycles. The lowest BCUT2D eigenvalue weighted by Crippen LogP contribution is -2.11. The molecule has 0 fully saturated rings. The molecule has 2 nitrogen and oxygen atoms in total. The van der Waals surface area contributed by atoms with Gasteiger partial charge in [-0.1, -0.05) is 87.4 Å². The maximum Gasteiger partial charge on any atom is 0.193 e. The Bertz CT molecular complexity index is 1020. The second kappa shape index (κ2) is 8.62. The molecule has 2 aromatic carbocycles. The summed E-state index contributed by atoms with van der Waals surface area (Å²) in [7, 11) is 0. The smallest absolute Gasteiger partial charge is 0.193 e. The third-order valence-corrected chi connectivity index (χ3v) is 5.65. The quantitative estimate of drug-likeness (QED) is 0.460. The summed E-state index contributed by atoms with van der Waals surface area (Å²) >= 11 is 0. The zero-order chi connectivity index (χ0) is 21.1. The Labute approximate surface area is 178 Å². The van der Waals surface area contributed by atoms with Gasteiger partial charge < -0.3 is 0 Å². The van der Waals surface area contributed by atoms with Crippen LogP contribution in [0.5, 0.6) is 0 Å². The molecule has 2 aromatic rings. The monoisotopic (exact) mass is 394 g/mol. The Hall–Kier alpha value is -3.26. The maximum absolute atomic E-state index is 13.3. The molecule has 0 saturated carbocycles. The summed E-state index contributed by atoms with van der Waals surface area (Å²) in [6.07, 6.45) is 8.16. The lowest BCUT2D eigenvalue weighted by atomic mass is 9.93. The van der Waals surface area contributed by atoms with Crippen molar-refractivity contribution in [1.82, 2.24) is 0 Å². The molecule has 0 bridgehead atoms. The van der Waals surface area contributed by atoms with Gasteiger partial charge in [0.25, 0.3) is 0 Å². The van der Waals surface area contributed by atoms with E-state index in [0.717, 1.165) is 31.3 Å². The van der Waals surface area contributed by atoms with E-state index in [1.54, 1.807) is 24.3 Å². The van der Waals surface area contributed by atoms with Gasteiger partial charge in [0.2, 0.25) is 0 Å². The Morgan fingerprint density at radius 1 is 0.633 bits per heavy atom. The summed E-state index contributed by atoms with van der Waals surface area (Å²) in [4.78, 5) is 26.6. The molecule has 30 heavy (non-hydrogen) atoms. The number of carbonyl (C=O) groups excluding carboxylic acids is 2. The molecule has 4 rings (SSSR count). The van der Waals surface area contributed by atoms with Crippen LogP contribution in [0.15, 0.2) is 106 Å². The summed E-state index contributed by atoms with van der Waals surface area (Å²) < 4.78 is 0. The lowest BCUT2D eigenvalue weighted by Gasteiger charge is -2.07. The highest BCUT2D eigenvalue weighted by atomic mass is 16.1. The summed E-state index contributed by atoms with van der Waals surface area (Å²) in [6, 6.07) is 18.4. The third-order valence-electron chi connectivity index (χ3n) is 5.65. The van der Waals surface area contributed by atoms with Crippen LogP contribution in [0.1, 0.15) is 60.2 Å². The fourth-order valence-corrected chi connectivity index (χ4v) is 4.19. The van der Waals surface area contributed by atoms with Crippen molar-refractivity contribution in [3.63, 3.8) is 0 Å². The number of hydrogen-bond acceptors (Lipinski definition) is 2. The molecular weight excluding hydrogens is 368 g/mol. The van der Waals surface area contributed by atoms with E-state index in [1.807, 2.05) is 48.6 Å². The van der Waals surface area contributed by atoms with Crippen molar-refractivity contribution in [2.24, 2.45) is 0 Å². The molecule has 0 radical (unpaired) electrons. The first-order valence-electron chi connectivity index (χ1n) is 10.8. The van der Waals surface area contributed by atoms with E-state index in [2.05, 4.69) is 13.8 Å². The number of Topliss-reactive ketones (excluding diaryl/α,β-unsaturated/α-hetero) is 2. The van der Waals surface area contributed by atoms with Crippen LogP contribution >= 0.6 is 0 Å². The average molecular weight is 395 g/mol. The second-order valence-corrected chi connectivity index (χ2v) is 7.79. The van der Waals surface area contributed by atoms with Crippen molar-refractivity contribution in [3.8, 4) is 0 Å². The first-order chi connectivity index (χ1) is 14.7. The predicted molar refractivity (Wildman–Crippen MR) is 122 cm³/mol. The van der Waals surface area contributed by atoms with E-state index in [9.17, 15) is 9.59 Å². The molecule has 150 valence electrons. The van der Waals surface area contributed by atoms with E-state index in [1.165, 1.54) is 16.7 Å². The minimum Gasteiger partial charge on any atom is -0.289 e. The highest BCUT2D eigenvalue weighted by Gasteiger charge is 2.34. The van der Waals surface area contributed by atoms with E-state index in [-0.39, 0.29) is 11.6 Å². The zero-order valence-electron chi connectivity index (χ0n) is 17.6. The van der Waals surface area contributed by atoms with Crippen molar-refractivity contribution < 1.29 is 9.59 Å². The van der Waals surface area contributed by atoms with E-state index in [0.29, 0.717) is 22.3 Å². The Morgan fingerprint density at radius 2 is 1.03 bits per heavy atom. The number of ketones is 2. The number of hydrogen-bond donors (Lipinski definition) is 0. The molecule has 0 N–H and O–H groups in total. The van der Waals surface area contributed by atoms with E-state index in [4.69, 9.17) is 0 Å². The van der Waals surface area contributed by atoms with Crippen LogP contribution in [-0.4, -0.2) is 11.6 Å². The Morgan fingerprint density at radius 3 is 1.40 bits per heavy atom. The van der Waals surface area contributed by atoms with Crippen LogP contribution in [0, 0.1) is 0 Å². The van der Waals surface area contributed by atoms with Gasteiger partial charge in [-0.15, -0.1) is 0 Å². The first-order valence-corrected chi connectivity index (χ1v) is 10.8. The van der Waals surface area contributed by atoms with Gasteiger partial charge in [-0.05, 0) is 47.3 Å². The van der Waals surface area contributed by atoms with E-state index >= 15 is 0 Å². The van der Waals surface area contributed by atoms with E-state index < -0.39 is 0 Å². The maximum atomic E-state index is 13.3. The van der Waals surface area contributed by atoms with Crippen LogP contribution in [0.3, 0.4) is 0 Å². The van der Waals surface area contributed by atoms with Crippen LogP contribution < -0.4 is 0 Å². The minimum absolute atomic E-state index is 0.100. The largest absolute Gasteiger partial charge is 0.289 e. The SMILES string of the molecule is CCCC1=C(CCC)C1=C1C=C(C(=O)c2ccccc2)C(C(=O)c2ccccc2)=C1. The molecule has 0 aliphatic heterocycles. The summed E-state index contributed by atoms with van der Waals surface area (Å²) in [5.74, 6) is -0.201. The first kappa shape index (κ1) is 20.0. The van der Waals surface area contributed by atoms with Crippen molar-refractivity contribution in [1.29, 1.82) is 0 Å². The van der Waals surface area contributed by atoms with Gasteiger partial charge in [0, 0.05) is 22.3 Å². The van der Waals surface area contributed by atoms with Crippen LogP contribution in [0.25, 0.3) is 0 Å². The average Bonchev–Trinajstić information content (AvgIpc) is 3.27. The van der Waals surface area contributed by atoms with Crippen LogP contribution in [-0.2, 0) is 0 Å². The van der Waals surface area contributed by atoms with Crippen molar-refractivity contribution in [2.45, 2.75) is 39.5 Å². The topological polar surface area (TPSA) is 34.1 Å². The van der Waals surface area contributed by atoms with Gasteiger partial charge in [0.1, 0.15) is 0 Å². The molecule has 0 amide bonds. The van der Waals surface area contributed by atoms with Gasteiger partial charge in [-0.25, -0.2) is 0 Å². The highest BCUT2D eigenvalue weighted by molar-refractivity contribution is 6.24. The number of carbonyl (C=O) groups is 2. The molecular formula is C28H26O2. The standard InChI is InChI=1S/C28H26O2/c1-3-11-22-23(12-4-2)26(22)21-17-24(27(29)19-13-7-5-8-14-19)25(18-21)28(30)20-15-9-6-10-16-20/h5-10,13-18H,3-4,11-12H2,1-2H3. The summed E-state index contributed by atoms with van der Waals surface area (Å²) in [6.45, 7) is 4.37. The number of allylic oxidation sites excluding steroid dienone is 8. The molecule has 2 aliphatic carbocycles. The van der Waals surface area contributed by atoms with Crippen LogP contribution in [0.2, 0.25) is 0 Å². The van der Waals surface area contributed by atoms with Gasteiger partial charge in [0.05, 0.1) is 0 Å². The molecule has 0 aromatic heterocycles. The molecule has 0 spiro atoms. The highest BCUT2D eigenvalue weighted by Crippen LogP contribution is 2.49. The molecule has 2 heteroatoms. The Kier molecular flexibility index (Phi) is 5.76. The number of benzene rings is 2. The van der Waals surface area contributed by atoms with Gasteiger partial charge in [0.15, 0.2) is 11.6 Å². The van der Waals surface area contributed by atoms with Crippen LogP contribution in [0.4, 0.5) is 0 Å².